The van der Waals surface area contributed by atoms with Crippen molar-refractivity contribution >= 4 is 16.2 Å². The second kappa shape index (κ2) is 1.32. The average Bonchev–Trinajstić information content (AvgIpc) is 2.15. The van der Waals surface area contributed by atoms with E-state index in [0.29, 0.717) is 0 Å². The van der Waals surface area contributed by atoms with E-state index in [0.717, 1.165) is 4.83 Å². The van der Waals surface area contributed by atoms with Crippen molar-refractivity contribution in [3.8, 4) is 0 Å². The lowest BCUT2D eigenvalue weighted by molar-refractivity contribution is 1.17. The highest BCUT2D eigenvalue weighted by atomic mass is 32.1. The predicted molar refractivity (Wildman–Crippen MR) is 31.9 cm³/mol. The fraction of sp³-hybridized carbons (Fsp3) is 0. The van der Waals surface area contributed by atoms with Gasteiger partial charge in [0.1, 0.15) is 11.2 Å². The Morgan fingerprint density at radius 1 is 1.75 bits per heavy atom. The van der Waals surface area contributed by atoms with Gasteiger partial charge in [-0.2, -0.15) is 0 Å². The number of rotatable bonds is 0. The number of hydrogen-bond donors (Lipinski definition) is 0. The van der Waals surface area contributed by atoms with Gasteiger partial charge >= 0.3 is 0 Å². The number of thiazole rings is 1. The van der Waals surface area contributed by atoms with Crippen LogP contribution in [0.25, 0.3) is 4.83 Å². The Kier molecular flexibility index (Phi) is 0.676. The van der Waals surface area contributed by atoms with Crippen molar-refractivity contribution < 1.29 is 0 Å². The van der Waals surface area contributed by atoms with Crippen molar-refractivity contribution in [1.29, 1.82) is 0 Å². The van der Waals surface area contributed by atoms with Crippen molar-refractivity contribution in [3.63, 3.8) is 0 Å². The molecule has 2 nitrogen and oxygen atoms in total. The SMILES string of the molecule is [c]1csc2cncn12. The van der Waals surface area contributed by atoms with Gasteiger partial charge in [-0.1, -0.05) is 0 Å². The zero-order chi connectivity index (χ0) is 5.40. The molecule has 0 aliphatic carbocycles. The van der Waals surface area contributed by atoms with Crippen molar-refractivity contribution in [2.75, 3.05) is 0 Å². The summed E-state index contributed by atoms with van der Waals surface area (Å²) >= 11 is 1.64. The molecule has 0 fully saturated rings. The Balaban J connectivity index is 3.06. The third kappa shape index (κ3) is 0.391. The van der Waals surface area contributed by atoms with Gasteiger partial charge < -0.3 is 0 Å². The van der Waals surface area contributed by atoms with E-state index in [2.05, 4.69) is 11.2 Å². The van der Waals surface area contributed by atoms with Crippen LogP contribution in [-0.2, 0) is 0 Å². The first-order valence-corrected chi connectivity index (χ1v) is 3.12. The summed E-state index contributed by atoms with van der Waals surface area (Å²) in [5.41, 5.74) is 0. The maximum atomic E-state index is 3.90. The molecule has 0 bridgehead atoms. The molecular formula is C5H3N2S. The van der Waals surface area contributed by atoms with Gasteiger partial charge in [0, 0.05) is 5.38 Å². The van der Waals surface area contributed by atoms with Gasteiger partial charge in [-0.25, -0.2) is 4.98 Å². The summed E-state index contributed by atoms with van der Waals surface area (Å²) in [6.07, 6.45) is 6.53. The summed E-state index contributed by atoms with van der Waals surface area (Å²) in [6.45, 7) is 0. The Morgan fingerprint density at radius 2 is 2.75 bits per heavy atom. The minimum atomic E-state index is 1.14. The molecule has 3 heteroatoms. The zero-order valence-electron chi connectivity index (χ0n) is 4.03. The highest BCUT2D eigenvalue weighted by molar-refractivity contribution is 7.15. The van der Waals surface area contributed by atoms with E-state index < -0.39 is 0 Å². The van der Waals surface area contributed by atoms with E-state index >= 15 is 0 Å². The molecule has 8 heavy (non-hydrogen) atoms. The molecule has 2 rings (SSSR count). The lowest BCUT2D eigenvalue weighted by atomic mass is 10.9. The van der Waals surface area contributed by atoms with E-state index in [4.69, 9.17) is 0 Å². The number of aromatic nitrogens is 2. The van der Waals surface area contributed by atoms with Crippen molar-refractivity contribution in [1.82, 2.24) is 9.38 Å². The summed E-state index contributed by atoms with van der Waals surface area (Å²) in [5.74, 6) is 0. The molecule has 2 aromatic heterocycles. The third-order valence-corrected chi connectivity index (χ3v) is 1.74. The molecule has 0 aliphatic rings. The van der Waals surface area contributed by atoms with Gasteiger partial charge in [-0.3, -0.25) is 4.40 Å². The number of fused-ring (bicyclic) bond motifs is 1. The van der Waals surface area contributed by atoms with Crippen LogP contribution >= 0.6 is 11.3 Å². The Bertz CT molecular complexity index is 232. The van der Waals surface area contributed by atoms with E-state index in [-0.39, 0.29) is 0 Å². The first-order chi connectivity index (χ1) is 3.97. The molecule has 1 radical (unpaired) electrons. The van der Waals surface area contributed by atoms with Crippen molar-refractivity contribution in [3.05, 3.63) is 24.1 Å². The van der Waals surface area contributed by atoms with Gasteiger partial charge in [0.25, 0.3) is 0 Å². The van der Waals surface area contributed by atoms with Gasteiger partial charge in [0.2, 0.25) is 0 Å². The maximum Gasteiger partial charge on any atom is 0.120 e. The summed E-state index contributed by atoms with van der Waals surface area (Å²) < 4.78 is 1.87. The zero-order valence-corrected chi connectivity index (χ0v) is 4.85. The summed E-state index contributed by atoms with van der Waals surface area (Å²) in [5, 5.41) is 1.91. The van der Waals surface area contributed by atoms with E-state index in [1.54, 1.807) is 17.7 Å². The first-order valence-electron chi connectivity index (χ1n) is 2.24. The second-order valence-electron chi connectivity index (χ2n) is 1.47. The van der Waals surface area contributed by atoms with Crippen molar-refractivity contribution in [2.45, 2.75) is 0 Å². The Morgan fingerprint density at radius 3 is 3.62 bits per heavy atom. The molecule has 0 spiro atoms. The predicted octanol–water partition coefficient (Wildman–Crippen LogP) is 1.20. The molecule has 0 aromatic carbocycles. The highest BCUT2D eigenvalue weighted by Crippen LogP contribution is 2.07. The van der Waals surface area contributed by atoms with Gasteiger partial charge in [-0.05, 0) is 0 Å². The molecule has 0 aliphatic heterocycles. The minimum absolute atomic E-state index is 1.14. The average molecular weight is 123 g/mol. The number of nitrogens with zero attached hydrogens (tertiary/aromatic N) is 2. The van der Waals surface area contributed by atoms with Gasteiger partial charge in [0.15, 0.2) is 0 Å². The first kappa shape index (κ1) is 4.09. The molecule has 0 atom stereocenters. The third-order valence-electron chi connectivity index (χ3n) is 0.976. The molecule has 2 heterocycles. The molecule has 0 amide bonds. The Hall–Kier alpha value is -0.830. The lowest BCUT2D eigenvalue weighted by Crippen LogP contribution is -1.66. The van der Waals surface area contributed by atoms with Crippen LogP contribution in [0, 0.1) is 6.20 Å². The smallest absolute Gasteiger partial charge is 0.120 e. The standard InChI is InChI=1S/C5H3N2S/c1-2-8-5-3-6-4-7(1)5/h2-4H. The summed E-state index contributed by atoms with van der Waals surface area (Å²) in [7, 11) is 0. The normalized spacial score (nSPS) is 10.5. The summed E-state index contributed by atoms with van der Waals surface area (Å²) in [6, 6.07) is 0. The lowest BCUT2D eigenvalue weighted by Gasteiger charge is -1.70. The second-order valence-corrected chi connectivity index (χ2v) is 2.36. The van der Waals surface area contributed by atoms with E-state index in [9.17, 15) is 0 Å². The fourth-order valence-electron chi connectivity index (χ4n) is 0.611. The van der Waals surface area contributed by atoms with Crippen LogP contribution in [0.5, 0.6) is 0 Å². The van der Waals surface area contributed by atoms with Crippen LogP contribution in [0.1, 0.15) is 0 Å². The Labute approximate surface area is 50.4 Å². The molecule has 0 unspecified atom stereocenters. The molecule has 0 saturated carbocycles. The van der Waals surface area contributed by atoms with Crippen LogP contribution in [0.3, 0.4) is 0 Å². The topological polar surface area (TPSA) is 17.3 Å². The van der Waals surface area contributed by atoms with Crippen molar-refractivity contribution in [2.24, 2.45) is 0 Å². The molecular weight excluding hydrogens is 120 g/mol. The monoisotopic (exact) mass is 123 g/mol. The van der Waals surface area contributed by atoms with Crippen LogP contribution in [-0.4, -0.2) is 9.38 Å². The van der Waals surface area contributed by atoms with E-state index in [1.807, 2.05) is 16.0 Å². The number of hydrogen-bond acceptors (Lipinski definition) is 2. The van der Waals surface area contributed by atoms with Gasteiger partial charge in [-0.15, -0.1) is 11.3 Å². The van der Waals surface area contributed by atoms with Crippen LogP contribution in [0.2, 0.25) is 0 Å². The summed E-state index contributed by atoms with van der Waals surface area (Å²) in [4.78, 5) is 5.05. The molecule has 39 valence electrons. The fourth-order valence-corrected chi connectivity index (χ4v) is 1.23. The highest BCUT2D eigenvalue weighted by Gasteiger charge is 1.89. The van der Waals surface area contributed by atoms with E-state index in [1.165, 1.54) is 0 Å². The van der Waals surface area contributed by atoms with Crippen LogP contribution in [0.4, 0.5) is 0 Å². The molecule has 0 saturated heterocycles. The quantitative estimate of drug-likeness (QED) is 0.514. The van der Waals surface area contributed by atoms with Crippen LogP contribution in [0.15, 0.2) is 17.9 Å². The molecule has 0 N–H and O–H groups in total. The van der Waals surface area contributed by atoms with Gasteiger partial charge in [0.05, 0.1) is 12.4 Å². The number of imidazole rings is 1. The molecule has 2 aromatic rings. The largest absolute Gasteiger partial charge is 0.288 e. The maximum absolute atomic E-state index is 3.90. The minimum Gasteiger partial charge on any atom is -0.288 e. The van der Waals surface area contributed by atoms with Crippen LogP contribution < -0.4 is 0 Å².